The predicted octanol–water partition coefficient (Wildman–Crippen LogP) is 3.04. The second kappa shape index (κ2) is 6.74. The Labute approximate surface area is 126 Å². The summed E-state index contributed by atoms with van der Waals surface area (Å²) in [6, 6.07) is 17.0. The average Bonchev–Trinajstić information content (AvgIpc) is 2.45. The molecule has 0 radical (unpaired) electrons. The van der Waals surface area contributed by atoms with Gasteiger partial charge in [0.15, 0.2) is 0 Å². The molecule has 3 N–H and O–H groups in total. The van der Waals surface area contributed by atoms with Crippen molar-refractivity contribution in [2.24, 2.45) is 0 Å². The van der Waals surface area contributed by atoms with Gasteiger partial charge in [0.05, 0.1) is 6.10 Å². The van der Waals surface area contributed by atoms with E-state index in [-0.39, 0.29) is 11.3 Å². The quantitative estimate of drug-likeness (QED) is 0.764. The molecular formula is C18H23NO2. The van der Waals surface area contributed by atoms with Crippen LogP contribution in [0.3, 0.4) is 0 Å². The number of benzene rings is 2. The monoisotopic (exact) mass is 285 g/mol. The van der Waals surface area contributed by atoms with Gasteiger partial charge in [0.25, 0.3) is 0 Å². The maximum absolute atomic E-state index is 10.2. The molecule has 1 unspecified atom stereocenters. The summed E-state index contributed by atoms with van der Waals surface area (Å²) in [6.45, 7) is 4.69. The number of nitrogens with one attached hydrogen (secondary N) is 1. The summed E-state index contributed by atoms with van der Waals surface area (Å²) in [6.07, 6.45) is 0.257. The topological polar surface area (TPSA) is 52.5 Å². The molecule has 21 heavy (non-hydrogen) atoms. The number of hydrogen-bond acceptors (Lipinski definition) is 3. The maximum Gasteiger partial charge on any atom is 0.115 e. The van der Waals surface area contributed by atoms with Crippen molar-refractivity contribution < 1.29 is 10.2 Å². The molecule has 3 nitrogen and oxygen atoms in total. The standard InChI is InChI=1S/C18H23NO2/c1-18(2,12-14-7-4-3-5-8-14)19-13-17(21)15-9-6-10-16(20)11-15/h3-11,17,19-21H,12-13H2,1-2H3. The molecule has 0 aliphatic rings. The van der Waals surface area contributed by atoms with Crippen LogP contribution in [0.1, 0.15) is 31.1 Å². The number of aliphatic hydroxyl groups is 1. The molecule has 0 aromatic heterocycles. The molecule has 0 fully saturated rings. The highest BCUT2D eigenvalue weighted by molar-refractivity contribution is 5.28. The highest BCUT2D eigenvalue weighted by Gasteiger charge is 2.19. The Balaban J connectivity index is 1.92. The van der Waals surface area contributed by atoms with Gasteiger partial charge in [-0.2, -0.15) is 0 Å². The lowest BCUT2D eigenvalue weighted by molar-refractivity contribution is 0.160. The summed E-state index contributed by atoms with van der Waals surface area (Å²) in [5, 5.41) is 23.0. The highest BCUT2D eigenvalue weighted by Crippen LogP contribution is 2.19. The average molecular weight is 285 g/mol. The summed E-state index contributed by atoms with van der Waals surface area (Å²) in [7, 11) is 0. The maximum atomic E-state index is 10.2. The number of hydrogen-bond donors (Lipinski definition) is 3. The molecule has 0 spiro atoms. The van der Waals surface area contributed by atoms with E-state index in [0.717, 1.165) is 12.0 Å². The van der Waals surface area contributed by atoms with Crippen molar-refractivity contribution in [3.05, 3.63) is 65.7 Å². The highest BCUT2D eigenvalue weighted by atomic mass is 16.3. The molecule has 0 saturated heterocycles. The Morgan fingerprint density at radius 1 is 1.05 bits per heavy atom. The minimum Gasteiger partial charge on any atom is -0.508 e. The van der Waals surface area contributed by atoms with Crippen LogP contribution in [-0.2, 0) is 6.42 Å². The predicted molar refractivity (Wildman–Crippen MR) is 85.3 cm³/mol. The van der Waals surface area contributed by atoms with Crippen molar-refractivity contribution in [2.45, 2.75) is 31.9 Å². The Hall–Kier alpha value is -1.84. The zero-order valence-electron chi connectivity index (χ0n) is 12.6. The van der Waals surface area contributed by atoms with Gasteiger partial charge < -0.3 is 15.5 Å². The minimum atomic E-state index is -0.632. The third kappa shape index (κ3) is 4.88. The van der Waals surface area contributed by atoms with Crippen molar-refractivity contribution in [1.29, 1.82) is 0 Å². The van der Waals surface area contributed by atoms with Gasteiger partial charge in [0, 0.05) is 12.1 Å². The van der Waals surface area contributed by atoms with Crippen LogP contribution in [0.2, 0.25) is 0 Å². The number of aromatic hydroxyl groups is 1. The summed E-state index contributed by atoms with van der Waals surface area (Å²) in [5.74, 6) is 0.176. The van der Waals surface area contributed by atoms with E-state index in [1.54, 1.807) is 18.2 Å². The number of phenols is 1. The molecule has 0 aliphatic heterocycles. The second-order valence-corrected chi connectivity index (χ2v) is 6.04. The fourth-order valence-electron chi connectivity index (χ4n) is 2.39. The van der Waals surface area contributed by atoms with Gasteiger partial charge in [-0.1, -0.05) is 42.5 Å². The van der Waals surface area contributed by atoms with Crippen LogP contribution >= 0.6 is 0 Å². The van der Waals surface area contributed by atoms with E-state index in [1.165, 1.54) is 5.56 Å². The van der Waals surface area contributed by atoms with Gasteiger partial charge in [0.1, 0.15) is 5.75 Å². The fourth-order valence-corrected chi connectivity index (χ4v) is 2.39. The van der Waals surface area contributed by atoms with Crippen molar-refractivity contribution >= 4 is 0 Å². The van der Waals surface area contributed by atoms with Crippen LogP contribution in [0.25, 0.3) is 0 Å². The molecule has 0 heterocycles. The largest absolute Gasteiger partial charge is 0.508 e. The van der Waals surface area contributed by atoms with Gasteiger partial charge in [-0.05, 0) is 43.5 Å². The molecule has 1 atom stereocenters. The van der Waals surface area contributed by atoms with Gasteiger partial charge in [-0.25, -0.2) is 0 Å². The van der Waals surface area contributed by atoms with Gasteiger partial charge in [-0.15, -0.1) is 0 Å². The summed E-state index contributed by atoms with van der Waals surface area (Å²) in [4.78, 5) is 0. The smallest absolute Gasteiger partial charge is 0.115 e. The Bertz CT molecular complexity index is 566. The van der Waals surface area contributed by atoms with Crippen molar-refractivity contribution in [1.82, 2.24) is 5.32 Å². The number of aliphatic hydroxyl groups excluding tert-OH is 1. The first-order valence-corrected chi connectivity index (χ1v) is 7.22. The zero-order chi connectivity index (χ0) is 15.3. The fraction of sp³-hybridized carbons (Fsp3) is 0.333. The third-order valence-corrected chi connectivity index (χ3v) is 3.52. The molecule has 0 aliphatic carbocycles. The first-order valence-electron chi connectivity index (χ1n) is 7.22. The minimum absolute atomic E-state index is 0.112. The Morgan fingerprint density at radius 3 is 2.43 bits per heavy atom. The Kier molecular flexibility index (Phi) is 4.99. The molecule has 2 aromatic rings. The van der Waals surface area contributed by atoms with E-state index < -0.39 is 6.10 Å². The van der Waals surface area contributed by atoms with Crippen LogP contribution in [0.4, 0.5) is 0 Å². The van der Waals surface area contributed by atoms with Gasteiger partial charge in [-0.3, -0.25) is 0 Å². The van der Waals surface area contributed by atoms with Gasteiger partial charge >= 0.3 is 0 Å². The van der Waals surface area contributed by atoms with E-state index in [1.807, 2.05) is 24.3 Å². The number of phenolic OH excluding ortho intramolecular Hbond substituents is 1. The van der Waals surface area contributed by atoms with Crippen LogP contribution in [-0.4, -0.2) is 22.3 Å². The van der Waals surface area contributed by atoms with Gasteiger partial charge in [0.2, 0.25) is 0 Å². The van der Waals surface area contributed by atoms with Crippen LogP contribution in [0.15, 0.2) is 54.6 Å². The summed E-state index contributed by atoms with van der Waals surface area (Å²) >= 11 is 0. The first kappa shape index (κ1) is 15.5. The lowest BCUT2D eigenvalue weighted by Gasteiger charge is -2.28. The van der Waals surface area contributed by atoms with Crippen LogP contribution in [0, 0.1) is 0 Å². The molecule has 0 amide bonds. The summed E-state index contributed by atoms with van der Waals surface area (Å²) < 4.78 is 0. The first-order chi connectivity index (χ1) is 9.96. The molecule has 0 bridgehead atoms. The molecule has 2 aromatic carbocycles. The van der Waals surface area contributed by atoms with E-state index in [0.29, 0.717) is 6.54 Å². The molecule has 0 saturated carbocycles. The zero-order valence-corrected chi connectivity index (χ0v) is 12.6. The van der Waals surface area contributed by atoms with Crippen molar-refractivity contribution in [3.63, 3.8) is 0 Å². The second-order valence-electron chi connectivity index (χ2n) is 6.04. The van der Waals surface area contributed by atoms with Crippen molar-refractivity contribution in [3.8, 4) is 5.75 Å². The Morgan fingerprint density at radius 2 is 1.76 bits per heavy atom. The van der Waals surface area contributed by atoms with Crippen LogP contribution < -0.4 is 5.32 Å². The molecular weight excluding hydrogens is 262 g/mol. The van der Waals surface area contributed by atoms with Crippen LogP contribution in [0.5, 0.6) is 5.75 Å². The lowest BCUT2D eigenvalue weighted by atomic mass is 9.94. The number of β-amino-alcohol motifs (C(OH)–C–C–N with tert-alkyl or cyclic N) is 1. The molecule has 112 valence electrons. The SMILES string of the molecule is CC(C)(Cc1ccccc1)NCC(O)c1cccc(O)c1. The van der Waals surface area contributed by atoms with E-state index >= 15 is 0 Å². The number of rotatable bonds is 6. The lowest BCUT2D eigenvalue weighted by Crippen LogP contribution is -2.43. The summed E-state index contributed by atoms with van der Waals surface area (Å²) in [5.41, 5.74) is 1.87. The molecule has 2 rings (SSSR count). The van der Waals surface area contributed by atoms with Crippen molar-refractivity contribution in [2.75, 3.05) is 6.54 Å². The normalized spacial score (nSPS) is 13.1. The van der Waals surface area contributed by atoms with E-state index in [2.05, 4.69) is 31.3 Å². The molecule has 3 heteroatoms. The third-order valence-electron chi connectivity index (χ3n) is 3.52. The van der Waals surface area contributed by atoms with E-state index in [4.69, 9.17) is 0 Å². The van der Waals surface area contributed by atoms with E-state index in [9.17, 15) is 10.2 Å².